The Kier molecular flexibility index (Phi) is 3.05. The average Bonchev–Trinajstić information content (AvgIpc) is 1.89. The fraction of sp³-hybridized carbons (Fsp3) is 1.00. The predicted octanol–water partition coefficient (Wildman–Crippen LogP) is 2.17. The van der Waals surface area contributed by atoms with Gasteiger partial charge in [0.1, 0.15) is 0 Å². The van der Waals surface area contributed by atoms with Gasteiger partial charge in [0.2, 0.25) is 0 Å². The minimum Gasteiger partial charge on any atom is -0.381 e. The van der Waals surface area contributed by atoms with Crippen LogP contribution in [0.5, 0.6) is 0 Å². The Bertz CT molecular complexity index is 91.9. The minimum absolute atomic E-state index is 0.567. The van der Waals surface area contributed by atoms with Crippen molar-refractivity contribution in [2.75, 3.05) is 25.2 Å². The van der Waals surface area contributed by atoms with Gasteiger partial charge in [-0.2, -0.15) is 11.8 Å². The summed E-state index contributed by atoms with van der Waals surface area (Å²) >= 11 is 1.95. The van der Waals surface area contributed by atoms with Crippen LogP contribution in [0.25, 0.3) is 0 Å². The smallest absolute Gasteiger partial charge is 0.0471 e. The Balaban J connectivity index is 2.32. The van der Waals surface area contributed by atoms with Crippen LogP contribution in [-0.4, -0.2) is 25.2 Å². The Hall–Kier alpha value is 0.310. The van der Waals surface area contributed by atoms with Crippen LogP contribution < -0.4 is 0 Å². The van der Waals surface area contributed by atoms with E-state index in [9.17, 15) is 0 Å². The summed E-state index contributed by atoms with van der Waals surface area (Å²) in [6.45, 7) is 4.31. The molecule has 0 aromatic heterocycles. The third-order valence-corrected chi connectivity index (χ3v) is 3.18. The highest BCUT2D eigenvalue weighted by Gasteiger charge is 2.26. The van der Waals surface area contributed by atoms with Crippen molar-refractivity contribution in [2.24, 2.45) is 5.41 Å². The molecule has 1 aliphatic heterocycles. The third kappa shape index (κ3) is 2.17. The molecule has 0 aromatic carbocycles. The molecule has 0 amide bonds. The highest BCUT2D eigenvalue weighted by atomic mass is 32.2. The SMILES string of the molecule is CSCC1(C)CCOCC1. The molecule has 10 heavy (non-hydrogen) atoms. The van der Waals surface area contributed by atoms with Crippen LogP contribution in [0.4, 0.5) is 0 Å². The van der Waals surface area contributed by atoms with Gasteiger partial charge in [0.15, 0.2) is 0 Å². The maximum atomic E-state index is 5.30. The molecule has 0 bridgehead atoms. The molecule has 1 heterocycles. The van der Waals surface area contributed by atoms with Gasteiger partial charge in [-0.25, -0.2) is 0 Å². The van der Waals surface area contributed by atoms with Crippen LogP contribution in [0.3, 0.4) is 0 Å². The van der Waals surface area contributed by atoms with Crippen LogP contribution in [0, 0.1) is 5.41 Å². The van der Waals surface area contributed by atoms with E-state index in [1.54, 1.807) is 0 Å². The first-order chi connectivity index (χ1) is 4.77. The van der Waals surface area contributed by atoms with Crippen molar-refractivity contribution in [3.63, 3.8) is 0 Å². The lowest BCUT2D eigenvalue weighted by atomic mass is 9.85. The second kappa shape index (κ2) is 3.63. The lowest BCUT2D eigenvalue weighted by molar-refractivity contribution is 0.0349. The van der Waals surface area contributed by atoms with E-state index in [4.69, 9.17) is 4.74 Å². The van der Waals surface area contributed by atoms with Gasteiger partial charge in [0.25, 0.3) is 0 Å². The van der Waals surface area contributed by atoms with Crippen molar-refractivity contribution in [1.82, 2.24) is 0 Å². The summed E-state index contributed by atoms with van der Waals surface area (Å²) in [6.07, 6.45) is 4.67. The van der Waals surface area contributed by atoms with Gasteiger partial charge in [0, 0.05) is 13.2 Å². The molecule has 1 saturated heterocycles. The molecular weight excluding hydrogens is 144 g/mol. The fourth-order valence-corrected chi connectivity index (χ4v) is 2.34. The van der Waals surface area contributed by atoms with Crippen LogP contribution in [-0.2, 0) is 4.74 Å². The molecule has 1 nitrogen and oxygen atoms in total. The predicted molar refractivity (Wildman–Crippen MR) is 46.5 cm³/mol. The summed E-state index contributed by atoms with van der Waals surface area (Å²) in [5.74, 6) is 1.29. The molecule has 0 N–H and O–H groups in total. The van der Waals surface area contributed by atoms with Crippen LogP contribution in [0.15, 0.2) is 0 Å². The van der Waals surface area contributed by atoms with E-state index < -0.39 is 0 Å². The van der Waals surface area contributed by atoms with Gasteiger partial charge in [-0.15, -0.1) is 0 Å². The highest BCUT2D eigenvalue weighted by Crippen LogP contribution is 2.32. The van der Waals surface area contributed by atoms with Crippen LogP contribution in [0.2, 0.25) is 0 Å². The zero-order valence-corrected chi connectivity index (χ0v) is 7.67. The molecule has 0 atom stereocenters. The van der Waals surface area contributed by atoms with Gasteiger partial charge >= 0.3 is 0 Å². The quantitative estimate of drug-likeness (QED) is 0.612. The molecule has 1 fully saturated rings. The number of rotatable bonds is 2. The largest absolute Gasteiger partial charge is 0.381 e. The maximum Gasteiger partial charge on any atom is 0.0471 e. The number of ether oxygens (including phenoxy) is 1. The molecule has 0 aromatic rings. The Morgan fingerprint density at radius 2 is 2.00 bits per heavy atom. The molecular formula is C8H16OS. The first-order valence-corrected chi connectivity index (χ1v) is 5.23. The van der Waals surface area contributed by atoms with Gasteiger partial charge in [0.05, 0.1) is 0 Å². The summed E-state index contributed by atoms with van der Waals surface area (Å²) in [7, 11) is 0. The van der Waals surface area contributed by atoms with E-state index in [0.717, 1.165) is 13.2 Å². The molecule has 2 heteroatoms. The summed E-state index contributed by atoms with van der Waals surface area (Å²) in [6, 6.07) is 0. The standard InChI is InChI=1S/C8H16OS/c1-8(7-10-2)3-5-9-6-4-8/h3-7H2,1-2H3. The van der Waals surface area contributed by atoms with Gasteiger partial charge < -0.3 is 4.74 Å². The summed E-state index contributed by atoms with van der Waals surface area (Å²) in [4.78, 5) is 0. The minimum atomic E-state index is 0.567. The zero-order chi connectivity index (χ0) is 7.45. The number of hydrogen-bond donors (Lipinski definition) is 0. The van der Waals surface area contributed by atoms with E-state index in [1.807, 2.05) is 11.8 Å². The van der Waals surface area contributed by atoms with Crippen molar-refractivity contribution in [3.05, 3.63) is 0 Å². The number of hydrogen-bond acceptors (Lipinski definition) is 2. The Morgan fingerprint density at radius 3 is 2.50 bits per heavy atom. The molecule has 0 radical (unpaired) electrons. The second-order valence-electron chi connectivity index (χ2n) is 3.36. The first-order valence-electron chi connectivity index (χ1n) is 3.83. The zero-order valence-electron chi connectivity index (χ0n) is 6.85. The molecule has 0 saturated carbocycles. The first kappa shape index (κ1) is 8.41. The van der Waals surface area contributed by atoms with E-state index in [1.165, 1.54) is 18.6 Å². The van der Waals surface area contributed by atoms with Crippen molar-refractivity contribution >= 4 is 11.8 Å². The van der Waals surface area contributed by atoms with Gasteiger partial charge in [-0.05, 0) is 30.3 Å². The molecule has 0 unspecified atom stereocenters. The Morgan fingerprint density at radius 1 is 1.40 bits per heavy atom. The molecule has 60 valence electrons. The van der Waals surface area contributed by atoms with Crippen molar-refractivity contribution in [1.29, 1.82) is 0 Å². The van der Waals surface area contributed by atoms with E-state index in [0.29, 0.717) is 5.41 Å². The van der Waals surface area contributed by atoms with Crippen molar-refractivity contribution in [3.8, 4) is 0 Å². The fourth-order valence-electron chi connectivity index (χ4n) is 1.36. The monoisotopic (exact) mass is 160 g/mol. The molecule has 1 rings (SSSR count). The average molecular weight is 160 g/mol. The summed E-state index contributed by atoms with van der Waals surface area (Å²) in [5, 5.41) is 0. The molecule has 1 aliphatic rings. The highest BCUT2D eigenvalue weighted by molar-refractivity contribution is 7.98. The lowest BCUT2D eigenvalue weighted by Gasteiger charge is -2.32. The Labute approximate surface area is 67.5 Å². The van der Waals surface area contributed by atoms with E-state index in [-0.39, 0.29) is 0 Å². The summed E-state index contributed by atoms with van der Waals surface area (Å²) < 4.78 is 5.30. The summed E-state index contributed by atoms with van der Waals surface area (Å²) in [5.41, 5.74) is 0.567. The van der Waals surface area contributed by atoms with Gasteiger partial charge in [-0.1, -0.05) is 6.92 Å². The molecule has 0 aliphatic carbocycles. The van der Waals surface area contributed by atoms with Crippen molar-refractivity contribution in [2.45, 2.75) is 19.8 Å². The topological polar surface area (TPSA) is 9.23 Å². The van der Waals surface area contributed by atoms with Crippen LogP contribution >= 0.6 is 11.8 Å². The number of thioether (sulfide) groups is 1. The molecule has 0 spiro atoms. The van der Waals surface area contributed by atoms with E-state index in [2.05, 4.69) is 13.2 Å². The van der Waals surface area contributed by atoms with Crippen LogP contribution in [0.1, 0.15) is 19.8 Å². The van der Waals surface area contributed by atoms with E-state index >= 15 is 0 Å². The lowest BCUT2D eigenvalue weighted by Crippen LogP contribution is -2.28. The maximum absolute atomic E-state index is 5.30. The van der Waals surface area contributed by atoms with Crippen molar-refractivity contribution < 1.29 is 4.74 Å². The second-order valence-corrected chi connectivity index (χ2v) is 4.22. The normalized spacial score (nSPS) is 24.6. The third-order valence-electron chi connectivity index (χ3n) is 2.19. The van der Waals surface area contributed by atoms with Gasteiger partial charge in [-0.3, -0.25) is 0 Å².